The number of nitrogens with zero attached hydrogens (tertiary/aromatic N) is 9. The van der Waals surface area contributed by atoms with E-state index in [1.54, 1.807) is 11.8 Å². The highest BCUT2D eigenvalue weighted by Crippen LogP contribution is 2.44. The van der Waals surface area contributed by atoms with Gasteiger partial charge in [0.25, 0.3) is 0 Å². The average molecular weight is 1420 g/mol. The van der Waals surface area contributed by atoms with Gasteiger partial charge in [0.15, 0.2) is 0 Å². The number of rotatable bonds is 11. The van der Waals surface area contributed by atoms with Crippen LogP contribution in [0.25, 0.3) is 0 Å². The van der Waals surface area contributed by atoms with Crippen LogP contribution in [0.15, 0.2) is 0 Å². The van der Waals surface area contributed by atoms with Gasteiger partial charge in [-0.05, 0) is 126 Å². The smallest absolute Gasteiger partial charge is 0.343 e. The summed E-state index contributed by atoms with van der Waals surface area (Å²) in [7, 11) is 10.1. The maximum Gasteiger partial charge on any atom is 0.393 e. The number of carbonyl (C=O) groups is 12. The highest BCUT2D eigenvalue weighted by atomic mass is 35.5. The summed E-state index contributed by atoms with van der Waals surface area (Å²) in [6.45, 7) is 6.58. The molecule has 12 amide bonds. The van der Waals surface area contributed by atoms with Gasteiger partial charge in [0.05, 0.1) is 32.0 Å². The van der Waals surface area contributed by atoms with Gasteiger partial charge >= 0.3 is 6.18 Å². The number of hydrogen-bond acceptors (Lipinski definition) is 12. The Kier molecular flexibility index (Phi) is 28.7. The third kappa shape index (κ3) is 20.1. The van der Waals surface area contributed by atoms with Crippen molar-refractivity contribution in [2.75, 3.05) is 88.6 Å². The number of halogens is 4. The van der Waals surface area contributed by atoms with Crippen molar-refractivity contribution in [2.24, 2.45) is 35.5 Å². The van der Waals surface area contributed by atoms with Crippen LogP contribution in [0.4, 0.5) is 13.2 Å². The molecule has 7 fully saturated rings. The lowest BCUT2D eigenvalue weighted by atomic mass is 9.78. The van der Waals surface area contributed by atoms with Crippen LogP contribution < -0.4 is 16.0 Å². The first-order valence-electron chi connectivity index (χ1n) is 36.7. The molecule has 3 unspecified atom stereocenters. The minimum absolute atomic E-state index is 0.00311. The minimum atomic E-state index is -4.51. The number of carbonyl (C=O) groups excluding carboxylic acids is 12. The number of amides is 12. The first kappa shape index (κ1) is 80.0. The Bertz CT molecular complexity index is 2880. The second-order valence-electron chi connectivity index (χ2n) is 30.5. The molecule has 0 bridgehead atoms. The molecule has 7 aliphatic rings. The Balaban J connectivity index is 1.26. The van der Waals surface area contributed by atoms with Gasteiger partial charge in [-0.25, -0.2) is 0 Å². The molecule has 28 heteroatoms. The summed E-state index contributed by atoms with van der Waals surface area (Å²) in [4.78, 5) is 190. The molecule has 3 saturated heterocycles. The fourth-order valence-corrected chi connectivity index (χ4v) is 17.0. The van der Waals surface area contributed by atoms with E-state index >= 15 is 24.0 Å². The predicted molar refractivity (Wildman–Crippen MR) is 365 cm³/mol. The zero-order valence-electron chi connectivity index (χ0n) is 60.6. The SMILES string of the molecule is CC[C@H](C)[C@@H]1NC(=O)[C@H](CC(C)C)N(C)C(=O)C[C@H](C(=O)N2CCCC2)N(C)C(=O)[C@H](C2CCCC2)N(C)C(=O)C2(CCCC2)NC(=O)[C@@H]2CCCN2C(=O)[C@H](CCC2CCC(C(F)(F)F)C(Cl)C2)NC(=O)CN(C)C(=O)[C@H](CC2CCCCC2)N(C)C(=O)CN(C)C(=O)CN(C)C1=O. The molecule has 0 radical (unpaired) electrons. The molecule has 3 N–H and O–H groups in total. The molecule has 0 aromatic heterocycles. The van der Waals surface area contributed by atoms with Crippen LogP contribution in [0.3, 0.4) is 0 Å². The average Bonchev–Trinajstić information content (AvgIpc) is 1.73. The van der Waals surface area contributed by atoms with Crippen LogP contribution in [0.1, 0.15) is 195 Å². The number of hydrogen-bond donors (Lipinski definition) is 3. The summed E-state index contributed by atoms with van der Waals surface area (Å²) < 4.78 is 42.0. The first-order chi connectivity index (χ1) is 46.7. The van der Waals surface area contributed by atoms with Crippen LogP contribution >= 0.6 is 11.6 Å². The predicted octanol–water partition coefficient (Wildman–Crippen LogP) is 5.70. The molecule has 3 aliphatic heterocycles. The van der Waals surface area contributed by atoms with E-state index in [9.17, 15) is 46.7 Å². The van der Waals surface area contributed by atoms with E-state index in [1.807, 2.05) is 20.8 Å². The number of likely N-dealkylation sites (tertiary alicyclic amines) is 1. The van der Waals surface area contributed by atoms with Crippen LogP contribution in [0, 0.1) is 35.5 Å². The third-order valence-corrected chi connectivity index (χ3v) is 23.4. The van der Waals surface area contributed by atoms with Crippen LogP contribution in [0.5, 0.6) is 0 Å². The molecule has 4 saturated carbocycles. The molecule has 24 nitrogen and oxygen atoms in total. The van der Waals surface area contributed by atoms with E-state index in [4.69, 9.17) is 11.6 Å². The van der Waals surface area contributed by atoms with Gasteiger partial charge in [-0.1, -0.05) is 91.9 Å². The number of nitrogens with one attached hydrogen (secondary N) is 3. The molecular weight excluding hydrogens is 1310 g/mol. The van der Waals surface area contributed by atoms with Crippen molar-refractivity contribution in [1.29, 1.82) is 0 Å². The van der Waals surface area contributed by atoms with Crippen molar-refractivity contribution in [3.8, 4) is 0 Å². The second-order valence-corrected chi connectivity index (χ2v) is 31.1. The van der Waals surface area contributed by atoms with E-state index in [-0.39, 0.29) is 94.4 Å². The molecule has 558 valence electrons. The molecule has 7 rings (SSSR count). The zero-order valence-corrected chi connectivity index (χ0v) is 61.4. The van der Waals surface area contributed by atoms with Crippen molar-refractivity contribution in [3.05, 3.63) is 0 Å². The molecule has 99 heavy (non-hydrogen) atoms. The summed E-state index contributed by atoms with van der Waals surface area (Å²) in [5, 5.41) is 7.62. The molecular formula is C71H114ClF3N12O12. The summed E-state index contributed by atoms with van der Waals surface area (Å²) in [5.74, 6) is -10.5. The molecule has 3 heterocycles. The van der Waals surface area contributed by atoms with Crippen molar-refractivity contribution < 1.29 is 70.7 Å². The highest BCUT2D eigenvalue weighted by molar-refractivity contribution is 6.21. The fraction of sp³-hybridized carbons (Fsp3) is 0.831. The highest BCUT2D eigenvalue weighted by Gasteiger charge is 2.52. The van der Waals surface area contributed by atoms with Gasteiger partial charge in [0, 0.05) is 74.3 Å². The lowest BCUT2D eigenvalue weighted by Crippen LogP contribution is -2.65. The summed E-state index contributed by atoms with van der Waals surface area (Å²) >= 11 is 6.40. The normalized spacial score (nSPS) is 30.1. The van der Waals surface area contributed by atoms with Gasteiger partial charge in [0.1, 0.15) is 47.8 Å². The van der Waals surface area contributed by atoms with Crippen LogP contribution in [-0.2, 0) is 57.5 Å². The molecule has 0 aromatic rings. The Hall–Kier alpha value is -6.28. The van der Waals surface area contributed by atoms with Crippen LogP contribution in [0.2, 0.25) is 0 Å². The summed E-state index contributed by atoms with van der Waals surface area (Å²) in [5.41, 5.74) is -1.54. The summed E-state index contributed by atoms with van der Waals surface area (Å²) in [6.07, 6.45) is 6.22. The van der Waals surface area contributed by atoms with Crippen molar-refractivity contribution in [1.82, 2.24) is 60.0 Å². The number of alkyl halides is 4. The van der Waals surface area contributed by atoms with Gasteiger partial charge < -0.3 is 60.0 Å². The first-order valence-corrected chi connectivity index (χ1v) is 37.1. The Morgan fingerprint density at radius 3 is 1.80 bits per heavy atom. The van der Waals surface area contributed by atoms with Gasteiger partial charge in [0.2, 0.25) is 70.9 Å². The van der Waals surface area contributed by atoms with Crippen molar-refractivity contribution in [3.63, 3.8) is 0 Å². The quantitative estimate of drug-likeness (QED) is 0.210. The monoisotopic (exact) mass is 1420 g/mol. The Morgan fingerprint density at radius 2 is 1.19 bits per heavy atom. The Labute approximate surface area is 588 Å². The summed E-state index contributed by atoms with van der Waals surface area (Å²) in [6, 6.07) is -8.49. The van der Waals surface area contributed by atoms with Gasteiger partial charge in [-0.15, -0.1) is 11.6 Å². The lowest BCUT2D eigenvalue weighted by Gasteiger charge is -2.42. The second kappa shape index (κ2) is 35.5. The standard InChI is InChI=1S/C71H114ClF3N12O12/c1-12-45(4)60-67(97)81(7)42-58(90)79(5)43-59(91)83(9)54(39-46-23-14-13-15-24-46)65(95)80(6)41-56(88)76-51(31-29-47-28-30-49(50(72)38-47)71(73,74)75)64(94)87-36-22-27-52(87)63(93)78-70(32-18-19-33-70)69(99)85(11)61(48-25-16-17-26-48)68(98)84(10)55(66(96)86-34-20-21-35-86)40-57(89)82(8)53(37-44(2)3)62(92)77-60/h44-55,60-61H,12-43H2,1-11H3,(H,76,88)(H,77,92)(H,78,93)/t45-,47?,49?,50?,51-,52-,53-,54-,55+,60-,61-/m0/s1. The van der Waals surface area contributed by atoms with E-state index in [1.165, 1.54) is 73.8 Å². The lowest BCUT2D eigenvalue weighted by molar-refractivity contribution is -0.182. The fourth-order valence-electron chi connectivity index (χ4n) is 16.5. The van der Waals surface area contributed by atoms with Crippen molar-refractivity contribution >= 4 is 82.5 Å². The van der Waals surface area contributed by atoms with Crippen molar-refractivity contribution in [2.45, 2.75) is 254 Å². The maximum absolute atomic E-state index is 15.7. The van der Waals surface area contributed by atoms with E-state index < -0.39 is 168 Å². The third-order valence-electron chi connectivity index (χ3n) is 23.0. The van der Waals surface area contributed by atoms with Gasteiger partial charge in [-0.3, -0.25) is 57.5 Å². The van der Waals surface area contributed by atoms with Crippen LogP contribution in [-0.4, -0.2) is 263 Å². The largest absolute Gasteiger partial charge is 0.393 e. The van der Waals surface area contributed by atoms with E-state index in [0.29, 0.717) is 64.5 Å². The number of likely N-dealkylation sites (N-methyl/N-ethyl adjacent to an activating group) is 7. The zero-order chi connectivity index (χ0) is 73.0. The van der Waals surface area contributed by atoms with E-state index in [2.05, 4.69) is 16.0 Å². The minimum Gasteiger partial charge on any atom is -0.343 e. The van der Waals surface area contributed by atoms with Gasteiger partial charge in [-0.2, -0.15) is 13.2 Å². The number of fused-ring (bicyclic) bond motifs is 1. The topological polar surface area (TPSA) is 270 Å². The van der Waals surface area contributed by atoms with E-state index in [0.717, 1.165) is 59.6 Å². The molecule has 4 aliphatic carbocycles. The maximum atomic E-state index is 15.7. The Morgan fingerprint density at radius 1 is 0.586 bits per heavy atom. The molecule has 11 atom stereocenters. The molecule has 1 spiro atoms. The molecule has 0 aromatic carbocycles.